The minimum absolute atomic E-state index is 0.288. The molecule has 5 nitrogen and oxygen atoms in total. The van der Waals surface area contributed by atoms with Gasteiger partial charge >= 0.3 is 0 Å². The first-order valence-corrected chi connectivity index (χ1v) is 8.76. The summed E-state index contributed by atoms with van der Waals surface area (Å²) in [7, 11) is 1.69. The Morgan fingerprint density at radius 1 is 1.13 bits per heavy atom. The summed E-state index contributed by atoms with van der Waals surface area (Å²) in [6.07, 6.45) is 5.38. The molecule has 5 heteroatoms. The molecule has 2 fully saturated rings. The number of nitrogens with zero attached hydrogens (tertiary/aromatic N) is 2. The summed E-state index contributed by atoms with van der Waals surface area (Å²) >= 11 is 0. The fourth-order valence-corrected chi connectivity index (χ4v) is 4.11. The SMILES string of the molecule is COc1cc(CN2CCCC(N3CCCC3)C2)cc2c1OCO2. The zero-order valence-corrected chi connectivity index (χ0v) is 13.9. The summed E-state index contributed by atoms with van der Waals surface area (Å²) < 4.78 is 16.5. The highest BCUT2D eigenvalue weighted by molar-refractivity contribution is 5.55. The van der Waals surface area contributed by atoms with Crippen molar-refractivity contribution in [1.82, 2.24) is 9.80 Å². The lowest BCUT2D eigenvalue weighted by molar-refractivity contribution is 0.110. The van der Waals surface area contributed by atoms with Crippen LogP contribution in [-0.2, 0) is 6.54 Å². The van der Waals surface area contributed by atoms with Crippen LogP contribution in [0.2, 0.25) is 0 Å². The number of fused-ring (bicyclic) bond motifs is 1. The summed E-state index contributed by atoms with van der Waals surface area (Å²) in [4.78, 5) is 5.26. The van der Waals surface area contributed by atoms with Gasteiger partial charge in [0.2, 0.25) is 12.5 Å². The Labute approximate surface area is 138 Å². The molecule has 1 atom stereocenters. The van der Waals surface area contributed by atoms with Crippen LogP contribution in [0.25, 0.3) is 0 Å². The van der Waals surface area contributed by atoms with Crippen LogP contribution in [0.3, 0.4) is 0 Å². The predicted octanol–water partition coefficient (Wildman–Crippen LogP) is 2.48. The summed E-state index contributed by atoms with van der Waals surface area (Å²) in [5.41, 5.74) is 1.24. The molecule has 4 rings (SSSR count). The van der Waals surface area contributed by atoms with Crippen LogP contribution in [0.5, 0.6) is 17.2 Å². The first-order valence-electron chi connectivity index (χ1n) is 8.76. The molecule has 0 aliphatic carbocycles. The Morgan fingerprint density at radius 3 is 2.83 bits per heavy atom. The van der Waals surface area contributed by atoms with E-state index in [1.807, 2.05) is 0 Å². The average Bonchev–Trinajstić information content (AvgIpc) is 3.26. The van der Waals surface area contributed by atoms with Gasteiger partial charge in [0.1, 0.15) is 0 Å². The maximum Gasteiger partial charge on any atom is 0.231 e. The Balaban J connectivity index is 1.45. The predicted molar refractivity (Wildman–Crippen MR) is 88.2 cm³/mol. The van der Waals surface area contributed by atoms with Crippen molar-refractivity contribution in [2.24, 2.45) is 0 Å². The van der Waals surface area contributed by atoms with Crippen LogP contribution in [0, 0.1) is 0 Å². The first kappa shape index (κ1) is 15.1. The summed E-state index contributed by atoms with van der Waals surface area (Å²) in [6, 6.07) is 4.93. The van der Waals surface area contributed by atoms with Crippen molar-refractivity contribution in [2.45, 2.75) is 38.3 Å². The molecule has 0 N–H and O–H groups in total. The molecule has 1 aromatic carbocycles. The number of hydrogen-bond acceptors (Lipinski definition) is 5. The van der Waals surface area contributed by atoms with Gasteiger partial charge in [-0.2, -0.15) is 0 Å². The number of rotatable bonds is 4. The van der Waals surface area contributed by atoms with Gasteiger partial charge in [0, 0.05) is 19.1 Å². The van der Waals surface area contributed by atoms with Crippen molar-refractivity contribution < 1.29 is 14.2 Å². The second-order valence-corrected chi connectivity index (χ2v) is 6.81. The van der Waals surface area contributed by atoms with E-state index in [2.05, 4.69) is 21.9 Å². The second kappa shape index (κ2) is 6.57. The quantitative estimate of drug-likeness (QED) is 0.852. The average molecular weight is 318 g/mol. The van der Waals surface area contributed by atoms with Crippen molar-refractivity contribution in [2.75, 3.05) is 40.1 Å². The van der Waals surface area contributed by atoms with E-state index in [1.54, 1.807) is 7.11 Å². The molecule has 0 amide bonds. The molecule has 126 valence electrons. The van der Waals surface area contributed by atoms with Gasteiger partial charge in [-0.1, -0.05) is 0 Å². The van der Waals surface area contributed by atoms with Gasteiger partial charge in [0.25, 0.3) is 0 Å². The third kappa shape index (κ3) is 3.12. The topological polar surface area (TPSA) is 34.2 Å². The highest BCUT2D eigenvalue weighted by Gasteiger charge is 2.28. The summed E-state index contributed by atoms with van der Waals surface area (Å²) in [5.74, 6) is 2.33. The van der Waals surface area contributed by atoms with Gasteiger partial charge in [-0.05, 0) is 63.0 Å². The molecule has 0 bridgehead atoms. The highest BCUT2D eigenvalue weighted by atomic mass is 16.7. The molecule has 1 aromatic rings. The van der Waals surface area contributed by atoms with Crippen LogP contribution in [0.4, 0.5) is 0 Å². The zero-order chi connectivity index (χ0) is 15.6. The van der Waals surface area contributed by atoms with Gasteiger partial charge in [-0.15, -0.1) is 0 Å². The molecular formula is C18H26N2O3. The van der Waals surface area contributed by atoms with E-state index in [0.717, 1.165) is 29.8 Å². The smallest absolute Gasteiger partial charge is 0.231 e. The molecule has 1 unspecified atom stereocenters. The van der Waals surface area contributed by atoms with Gasteiger partial charge in [-0.3, -0.25) is 9.80 Å². The molecule has 0 saturated carbocycles. The zero-order valence-electron chi connectivity index (χ0n) is 13.9. The van der Waals surface area contributed by atoms with Crippen molar-refractivity contribution in [3.63, 3.8) is 0 Å². The molecule has 0 radical (unpaired) electrons. The third-order valence-corrected chi connectivity index (χ3v) is 5.26. The van der Waals surface area contributed by atoms with Gasteiger partial charge < -0.3 is 14.2 Å². The molecule has 0 spiro atoms. The molecule has 3 aliphatic heterocycles. The minimum Gasteiger partial charge on any atom is -0.493 e. The summed E-state index contributed by atoms with van der Waals surface area (Å²) in [6.45, 7) is 6.18. The Hall–Kier alpha value is -1.46. The van der Waals surface area contributed by atoms with Crippen molar-refractivity contribution in [3.05, 3.63) is 17.7 Å². The van der Waals surface area contributed by atoms with E-state index in [4.69, 9.17) is 14.2 Å². The number of ether oxygens (including phenoxy) is 3. The number of likely N-dealkylation sites (tertiary alicyclic amines) is 2. The van der Waals surface area contributed by atoms with Crippen molar-refractivity contribution >= 4 is 0 Å². The number of benzene rings is 1. The molecule has 0 aromatic heterocycles. The van der Waals surface area contributed by atoms with Crippen LogP contribution in [0.1, 0.15) is 31.2 Å². The molecule has 3 heterocycles. The summed E-state index contributed by atoms with van der Waals surface area (Å²) in [5, 5.41) is 0. The Kier molecular flexibility index (Phi) is 4.31. The maximum absolute atomic E-state index is 5.54. The van der Waals surface area contributed by atoms with Crippen LogP contribution in [-0.4, -0.2) is 55.9 Å². The second-order valence-electron chi connectivity index (χ2n) is 6.81. The minimum atomic E-state index is 0.288. The van der Waals surface area contributed by atoms with E-state index in [0.29, 0.717) is 0 Å². The molecular weight excluding hydrogens is 292 g/mol. The van der Waals surface area contributed by atoms with Gasteiger partial charge in [-0.25, -0.2) is 0 Å². The molecule has 2 saturated heterocycles. The van der Waals surface area contributed by atoms with Crippen molar-refractivity contribution in [1.29, 1.82) is 0 Å². The standard InChI is InChI=1S/C18H26N2O3/c1-21-16-9-14(10-17-18(16)23-13-22-17)11-19-6-4-5-15(12-19)20-7-2-3-8-20/h9-10,15H,2-8,11-13H2,1H3. The van der Waals surface area contributed by atoms with E-state index >= 15 is 0 Å². The van der Waals surface area contributed by atoms with Gasteiger partial charge in [0.15, 0.2) is 11.5 Å². The maximum atomic E-state index is 5.54. The largest absolute Gasteiger partial charge is 0.493 e. The molecule has 23 heavy (non-hydrogen) atoms. The monoisotopic (exact) mass is 318 g/mol. The van der Waals surface area contributed by atoms with E-state index in [9.17, 15) is 0 Å². The van der Waals surface area contributed by atoms with Crippen molar-refractivity contribution in [3.8, 4) is 17.2 Å². The lowest BCUT2D eigenvalue weighted by atomic mass is 10.0. The van der Waals surface area contributed by atoms with E-state index < -0.39 is 0 Å². The van der Waals surface area contributed by atoms with Crippen LogP contribution in [0.15, 0.2) is 12.1 Å². The van der Waals surface area contributed by atoms with E-state index in [-0.39, 0.29) is 6.79 Å². The first-order chi connectivity index (χ1) is 11.3. The molecule has 3 aliphatic rings. The van der Waals surface area contributed by atoms with Crippen LogP contribution < -0.4 is 14.2 Å². The van der Waals surface area contributed by atoms with Crippen LogP contribution >= 0.6 is 0 Å². The normalized spacial score (nSPS) is 25.0. The third-order valence-electron chi connectivity index (χ3n) is 5.26. The fraction of sp³-hybridized carbons (Fsp3) is 0.667. The Bertz CT molecular complexity index is 557. The number of methoxy groups -OCH3 is 1. The lowest BCUT2D eigenvalue weighted by Gasteiger charge is -2.37. The number of piperidine rings is 1. The van der Waals surface area contributed by atoms with Gasteiger partial charge in [0.05, 0.1) is 7.11 Å². The van der Waals surface area contributed by atoms with E-state index in [1.165, 1.54) is 57.4 Å². The number of hydrogen-bond donors (Lipinski definition) is 0. The fourth-order valence-electron chi connectivity index (χ4n) is 4.11. The highest BCUT2D eigenvalue weighted by Crippen LogP contribution is 2.42. The lowest BCUT2D eigenvalue weighted by Crippen LogP contribution is -2.46. The Morgan fingerprint density at radius 2 is 2.00 bits per heavy atom.